The number of nitrogens with zero attached hydrogens (tertiary/aromatic N) is 1. The Balaban J connectivity index is 1.81. The Morgan fingerprint density at radius 3 is 2.82 bits per heavy atom. The number of halogens is 2. The SMILES string of the molecule is O=C(Nc1ccc2n[nH]c(Cl)c2c1)[C@H](O)c1cccc(Cl)c1. The molecule has 0 bridgehead atoms. The molecule has 112 valence electrons. The molecule has 0 saturated heterocycles. The number of fused-ring (bicyclic) bond motifs is 1. The molecule has 0 spiro atoms. The second-order valence-electron chi connectivity index (χ2n) is 4.72. The molecule has 1 amide bonds. The number of hydrogen-bond donors (Lipinski definition) is 3. The van der Waals surface area contributed by atoms with Gasteiger partial charge in [-0.25, -0.2) is 0 Å². The van der Waals surface area contributed by atoms with E-state index in [0.717, 1.165) is 0 Å². The minimum atomic E-state index is -1.31. The fourth-order valence-corrected chi connectivity index (χ4v) is 2.49. The number of aliphatic hydroxyl groups is 1. The van der Waals surface area contributed by atoms with Gasteiger partial charge in [0.2, 0.25) is 0 Å². The van der Waals surface area contributed by atoms with Crippen molar-refractivity contribution in [2.24, 2.45) is 0 Å². The predicted molar refractivity (Wildman–Crippen MR) is 86.1 cm³/mol. The Hall–Kier alpha value is -2.08. The van der Waals surface area contributed by atoms with Gasteiger partial charge in [-0.1, -0.05) is 35.3 Å². The smallest absolute Gasteiger partial charge is 0.257 e. The van der Waals surface area contributed by atoms with Gasteiger partial charge >= 0.3 is 0 Å². The minimum absolute atomic E-state index is 0.390. The predicted octanol–water partition coefficient (Wildman–Crippen LogP) is 3.54. The van der Waals surface area contributed by atoms with Gasteiger partial charge in [0.05, 0.1) is 5.52 Å². The van der Waals surface area contributed by atoms with E-state index in [1.807, 2.05) is 0 Å². The third kappa shape index (κ3) is 2.92. The molecular formula is C15H11Cl2N3O2. The van der Waals surface area contributed by atoms with Gasteiger partial charge in [0.1, 0.15) is 5.15 Å². The van der Waals surface area contributed by atoms with E-state index in [4.69, 9.17) is 23.2 Å². The number of aromatic nitrogens is 2. The average molecular weight is 336 g/mol. The van der Waals surface area contributed by atoms with Crippen LogP contribution in [-0.4, -0.2) is 21.2 Å². The monoisotopic (exact) mass is 335 g/mol. The highest BCUT2D eigenvalue weighted by molar-refractivity contribution is 6.34. The maximum Gasteiger partial charge on any atom is 0.257 e. The quantitative estimate of drug-likeness (QED) is 0.684. The molecular weight excluding hydrogens is 325 g/mol. The molecule has 5 nitrogen and oxygen atoms in total. The van der Waals surface area contributed by atoms with Gasteiger partial charge in [0.25, 0.3) is 5.91 Å². The Labute approximate surface area is 135 Å². The standard InChI is InChI=1S/C15H11Cl2N3O2/c16-9-3-1-2-8(6-9)13(21)15(22)18-10-4-5-12-11(7-10)14(17)20-19-12/h1-7,13,21H,(H,18,22)(H,19,20)/t13-/m1/s1. The van der Waals surface area contributed by atoms with Crippen molar-refractivity contribution in [3.8, 4) is 0 Å². The van der Waals surface area contributed by atoms with E-state index in [9.17, 15) is 9.90 Å². The van der Waals surface area contributed by atoms with Gasteiger partial charge in [-0.05, 0) is 35.9 Å². The van der Waals surface area contributed by atoms with Crippen LogP contribution in [0.4, 0.5) is 5.69 Å². The van der Waals surface area contributed by atoms with E-state index in [1.54, 1.807) is 42.5 Å². The largest absolute Gasteiger partial charge is 0.378 e. The van der Waals surface area contributed by atoms with Gasteiger partial charge < -0.3 is 10.4 Å². The Morgan fingerprint density at radius 1 is 1.23 bits per heavy atom. The first-order valence-electron chi connectivity index (χ1n) is 6.42. The number of H-pyrrole nitrogens is 1. The molecule has 0 unspecified atom stereocenters. The first kappa shape index (κ1) is 14.8. The Kier molecular flexibility index (Phi) is 4.02. The van der Waals surface area contributed by atoms with Crippen LogP contribution in [0, 0.1) is 0 Å². The Bertz CT molecular complexity index is 848. The van der Waals surface area contributed by atoms with Crippen molar-refractivity contribution in [1.82, 2.24) is 10.2 Å². The van der Waals surface area contributed by atoms with Crippen molar-refractivity contribution < 1.29 is 9.90 Å². The maximum atomic E-state index is 12.1. The minimum Gasteiger partial charge on any atom is -0.378 e. The molecule has 1 atom stereocenters. The number of amides is 1. The summed E-state index contributed by atoms with van der Waals surface area (Å²) in [5, 5.41) is 20.9. The first-order valence-corrected chi connectivity index (χ1v) is 7.18. The second kappa shape index (κ2) is 5.96. The summed E-state index contributed by atoms with van der Waals surface area (Å²) in [7, 11) is 0. The molecule has 1 heterocycles. The molecule has 0 saturated carbocycles. The number of aromatic amines is 1. The lowest BCUT2D eigenvalue weighted by molar-refractivity contribution is -0.124. The highest BCUT2D eigenvalue weighted by Crippen LogP contribution is 2.25. The lowest BCUT2D eigenvalue weighted by Crippen LogP contribution is -2.20. The second-order valence-corrected chi connectivity index (χ2v) is 5.53. The lowest BCUT2D eigenvalue weighted by atomic mass is 10.1. The van der Waals surface area contributed by atoms with Gasteiger partial charge in [-0.2, -0.15) is 5.10 Å². The molecule has 3 aromatic rings. The number of benzene rings is 2. The number of rotatable bonds is 3. The number of hydrogen-bond acceptors (Lipinski definition) is 3. The summed E-state index contributed by atoms with van der Waals surface area (Å²) in [6.07, 6.45) is -1.31. The molecule has 3 N–H and O–H groups in total. The van der Waals surface area contributed by atoms with E-state index in [0.29, 0.717) is 32.3 Å². The summed E-state index contributed by atoms with van der Waals surface area (Å²) in [6, 6.07) is 11.6. The maximum absolute atomic E-state index is 12.1. The fourth-order valence-electron chi connectivity index (χ4n) is 2.10. The first-order chi connectivity index (χ1) is 10.5. The van der Waals surface area contributed by atoms with Crippen LogP contribution in [0.2, 0.25) is 10.2 Å². The van der Waals surface area contributed by atoms with Crippen LogP contribution in [0.5, 0.6) is 0 Å². The molecule has 3 rings (SSSR count). The zero-order valence-corrected chi connectivity index (χ0v) is 12.7. The Morgan fingerprint density at radius 2 is 2.05 bits per heavy atom. The van der Waals surface area contributed by atoms with Crippen LogP contribution in [0.25, 0.3) is 10.9 Å². The molecule has 0 aliphatic rings. The zero-order chi connectivity index (χ0) is 15.7. The molecule has 0 radical (unpaired) electrons. The third-order valence-electron chi connectivity index (χ3n) is 3.19. The molecule has 0 aliphatic heterocycles. The summed E-state index contributed by atoms with van der Waals surface area (Å²) in [5.41, 5.74) is 1.63. The van der Waals surface area contributed by atoms with Gasteiger partial charge in [-0.3, -0.25) is 9.89 Å². The van der Waals surface area contributed by atoms with Crippen LogP contribution in [-0.2, 0) is 4.79 Å². The van der Waals surface area contributed by atoms with E-state index < -0.39 is 12.0 Å². The van der Waals surface area contributed by atoms with Crippen LogP contribution in [0.3, 0.4) is 0 Å². The molecule has 0 fully saturated rings. The van der Waals surface area contributed by atoms with Crippen molar-refractivity contribution in [1.29, 1.82) is 0 Å². The molecule has 1 aromatic heterocycles. The number of carbonyl (C=O) groups is 1. The normalized spacial score (nSPS) is 12.3. The van der Waals surface area contributed by atoms with Gasteiger partial charge in [0, 0.05) is 16.1 Å². The summed E-state index contributed by atoms with van der Waals surface area (Å²) < 4.78 is 0. The molecule has 0 aliphatic carbocycles. The lowest BCUT2D eigenvalue weighted by Gasteiger charge is -2.12. The van der Waals surface area contributed by atoms with Crippen LogP contribution in [0.1, 0.15) is 11.7 Å². The summed E-state index contributed by atoms with van der Waals surface area (Å²) in [5.74, 6) is -0.554. The topological polar surface area (TPSA) is 78.0 Å². The third-order valence-corrected chi connectivity index (χ3v) is 3.71. The van der Waals surface area contributed by atoms with E-state index in [2.05, 4.69) is 15.5 Å². The van der Waals surface area contributed by atoms with Gasteiger partial charge in [-0.15, -0.1) is 0 Å². The van der Waals surface area contributed by atoms with Crippen molar-refractivity contribution >= 4 is 45.7 Å². The van der Waals surface area contributed by atoms with Crippen molar-refractivity contribution in [2.45, 2.75) is 6.10 Å². The van der Waals surface area contributed by atoms with Crippen LogP contribution >= 0.6 is 23.2 Å². The average Bonchev–Trinajstić information content (AvgIpc) is 2.87. The molecule has 22 heavy (non-hydrogen) atoms. The number of anilines is 1. The van der Waals surface area contributed by atoms with Gasteiger partial charge in [0.15, 0.2) is 6.10 Å². The summed E-state index contributed by atoms with van der Waals surface area (Å²) >= 11 is 11.8. The highest BCUT2D eigenvalue weighted by atomic mass is 35.5. The van der Waals surface area contributed by atoms with Crippen LogP contribution < -0.4 is 5.32 Å². The van der Waals surface area contributed by atoms with E-state index >= 15 is 0 Å². The summed E-state index contributed by atoms with van der Waals surface area (Å²) in [4.78, 5) is 12.1. The zero-order valence-electron chi connectivity index (χ0n) is 11.2. The number of nitrogens with one attached hydrogen (secondary N) is 2. The van der Waals surface area contributed by atoms with Crippen molar-refractivity contribution in [3.63, 3.8) is 0 Å². The fraction of sp³-hybridized carbons (Fsp3) is 0.0667. The van der Waals surface area contributed by atoms with Crippen LogP contribution in [0.15, 0.2) is 42.5 Å². The summed E-state index contributed by atoms with van der Waals surface area (Å²) in [6.45, 7) is 0. The number of aliphatic hydroxyl groups excluding tert-OH is 1. The highest BCUT2D eigenvalue weighted by Gasteiger charge is 2.18. The number of carbonyl (C=O) groups excluding carboxylic acids is 1. The van der Waals surface area contributed by atoms with Crippen molar-refractivity contribution in [3.05, 3.63) is 58.2 Å². The molecule has 7 heteroatoms. The molecule has 2 aromatic carbocycles. The van der Waals surface area contributed by atoms with E-state index in [-0.39, 0.29) is 0 Å². The van der Waals surface area contributed by atoms with E-state index in [1.165, 1.54) is 0 Å². The van der Waals surface area contributed by atoms with Crippen molar-refractivity contribution in [2.75, 3.05) is 5.32 Å².